The van der Waals surface area contributed by atoms with E-state index in [0.717, 1.165) is 34.5 Å². The molecule has 1 aromatic heterocycles. The first-order valence-electron chi connectivity index (χ1n) is 6.99. The van der Waals surface area contributed by atoms with E-state index in [1.807, 2.05) is 42.1 Å². The Labute approximate surface area is 135 Å². The van der Waals surface area contributed by atoms with Gasteiger partial charge in [0.05, 0.1) is 11.1 Å². The molecule has 1 atom stereocenters. The Morgan fingerprint density at radius 2 is 2.14 bits per heavy atom. The van der Waals surface area contributed by atoms with Gasteiger partial charge in [0.1, 0.15) is 10.8 Å². The zero-order chi connectivity index (χ0) is 15.4. The second-order valence-corrected chi connectivity index (χ2v) is 6.40. The van der Waals surface area contributed by atoms with E-state index in [1.54, 1.807) is 0 Å². The minimum atomic E-state index is 0.397. The van der Waals surface area contributed by atoms with Crippen molar-refractivity contribution in [3.05, 3.63) is 35.9 Å². The lowest BCUT2D eigenvalue weighted by atomic mass is 10.1. The molecule has 0 saturated heterocycles. The van der Waals surface area contributed by atoms with Crippen LogP contribution in [0.15, 0.2) is 30.3 Å². The Morgan fingerprint density at radius 3 is 2.76 bits per heavy atom. The van der Waals surface area contributed by atoms with Gasteiger partial charge in [-0.15, -0.1) is 0 Å². The van der Waals surface area contributed by atoms with Crippen molar-refractivity contribution in [3.8, 4) is 0 Å². The monoisotopic (exact) mass is 319 g/mol. The van der Waals surface area contributed by atoms with Crippen molar-refractivity contribution in [2.24, 2.45) is 5.73 Å². The molecule has 1 unspecified atom stereocenters. The predicted molar refractivity (Wildman–Crippen MR) is 98.5 cm³/mol. The first-order valence-corrected chi connectivity index (χ1v) is 8.80. The van der Waals surface area contributed by atoms with Crippen LogP contribution in [-0.2, 0) is 0 Å². The van der Waals surface area contributed by atoms with E-state index in [9.17, 15) is 0 Å². The van der Waals surface area contributed by atoms with Gasteiger partial charge in [0, 0.05) is 24.2 Å². The third-order valence-electron chi connectivity index (χ3n) is 3.68. The zero-order valence-electron chi connectivity index (χ0n) is 12.7. The van der Waals surface area contributed by atoms with Crippen LogP contribution in [0.2, 0.25) is 0 Å². The molecule has 0 radical (unpaired) electrons. The second-order valence-electron chi connectivity index (χ2n) is 5.04. The fourth-order valence-electron chi connectivity index (χ4n) is 2.42. The van der Waals surface area contributed by atoms with E-state index in [2.05, 4.69) is 25.1 Å². The van der Waals surface area contributed by atoms with Gasteiger partial charge in [0.2, 0.25) is 0 Å². The lowest BCUT2D eigenvalue weighted by Crippen LogP contribution is -2.35. The van der Waals surface area contributed by atoms with Gasteiger partial charge in [-0.25, -0.2) is 4.98 Å². The highest BCUT2D eigenvalue weighted by atomic mass is 32.2. The largest absolute Gasteiger partial charge is 0.389 e. The van der Waals surface area contributed by atoms with Crippen molar-refractivity contribution in [2.45, 2.75) is 19.4 Å². The Hall–Kier alpha value is -1.33. The van der Waals surface area contributed by atoms with Crippen LogP contribution in [0.3, 0.4) is 0 Å². The molecule has 2 N–H and O–H groups in total. The SMILES string of the molecule is CCC(CSC)N(C)c1nc2ccccc2cc1C(N)=S. The Bertz CT molecular complexity index is 642. The Balaban J connectivity index is 2.54. The van der Waals surface area contributed by atoms with Crippen LogP contribution in [0, 0.1) is 0 Å². The molecular weight excluding hydrogens is 298 g/mol. The molecule has 1 aromatic carbocycles. The smallest absolute Gasteiger partial charge is 0.139 e. The Kier molecular flexibility index (Phi) is 5.42. The molecule has 0 aliphatic carbocycles. The fraction of sp³-hybridized carbons (Fsp3) is 0.375. The molecule has 0 bridgehead atoms. The van der Waals surface area contributed by atoms with E-state index in [4.69, 9.17) is 22.9 Å². The number of nitrogens with two attached hydrogens (primary N) is 1. The van der Waals surface area contributed by atoms with E-state index >= 15 is 0 Å². The van der Waals surface area contributed by atoms with E-state index < -0.39 is 0 Å². The van der Waals surface area contributed by atoms with E-state index in [1.165, 1.54) is 0 Å². The molecular formula is C16H21N3S2. The number of anilines is 1. The molecule has 0 aliphatic rings. The van der Waals surface area contributed by atoms with Crippen molar-refractivity contribution in [3.63, 3.8) is 0 Å². The van der Waals surface area contributed by atoms with Gasteiger partial charge in [-0.05, 0) is 24.8 Å². The summed E-state index contributed by atoms with van der Waals surface area (Å²) in [7, 11) is 2.07. The zero-order valence-corrected chi connectivity index (χ0v) is 14.3. The molecule has 0 saturated carbocycles. The van der Waals surface area contributed by atoms with Gasteiger partial charge < -0.3 is 10.6 Å². The number of thioether (sulfide) groups is 1. The molecule has 112 valence electrons. The normalized spacial score (nSPS) is 12.3. The molecule has 21 heavy (non-hydrogen) atoms. The number of aromatic nitrogens is 1. The summed E-state index contributed by atoms with van der Waals surface area (Å²) in [5.74, 6) is 1.93. The van der Waals surface area contributed by atoms with Crippen molar-refractivity contribution < 1.29 is 0 Å². The molecule has 3 nitrogen and oxygen atoms in total. The number of para-hydroxylation sites is 1. The standard InChI is InChI=1S/C16H21N3S2/c1-4-12(10-21-3)19(2)16-13(15(17)20)9-11-7-5-6-8-14(11)18-16/h5-9,12H,4,10H2,1-3H3,(H2,17,20). The van der Waals surface area contributed by atoms with Crippen LogP contribution in [0.25, 0.3) is 10.9 Å². The number of benzene rings is 1. The summed E-state index contributed by atoms with van der Waals surface area (Å²) in [6.07, 6.45) is 3.18. The minimum absolute atomic E-state index is 0.397. The van der Waals surface area contributed by atoms with Crippen molar-refractivity contribution in [1.29, 1.82) is 0 Å². The van der Waals surface area contributed by atoms with Gasteiger partial charge >= 0.3 is 0 Å². The summed E-state index contributed by atoms with van der Waals surface area (Å²) >= 11 is 7.07. The number of pyridine rings is 1. The van der Waals surface area contributed by atoms with E-state index in [-0.39, 0.29) is 0 Å². The maximum atomic E-state index is 5.92. The van der Waals surface area contributed by atoms with Crippen molar-refractivity contribution >= 4 is 45.7 Å². The second kappa shape index (κ2) is 7.09. The summed E-state index contributed by atoms with van der Waals surface area (Å²) in [6, 6.07) is 10.5. The first-order chi connectivity index (χ1) is 10.1. The lowest BCUT2D eigenvalue weighted by molar-refractivity contribution is 0.666. The first kappa shape index (κ1) is 16.0. The number of thiocarbonyl (C=S) groups is 1. The van der Waals surface area contributed by atoms with Crippen LogP contribution < -0.4 is 10.6 Å². The van der Waals surface area contributed by atoms with Gasteiger partial charge in [-0.2, -0.15) is 11.8 Å². The predicted octanol–water partition coefficient (Wildman–Crippen LogP) is 3.45. The van der Waals surface area contributed by atoms with Crippen LogP contribution in [0.5, 0.6) is 0 Å². The highest BCUT2D eigenvalue weighted by Gasteiger charge is 2.19. The summed E-state index contributed by atoms with van der Waals surface area (Å²) in [5.41, 5.74) is 7.74. The van der Waals surface area contributed by atoms with Crippen LogP contribution in [-0.4, -0.2) is 35.1 Å². The van der Waals surface area contributed by atoms with Gasteiger partial charge in [-0.1, -0.05) is 37.3 Å². The topological polar surface area (TPSA) is 42.2 Å². The summed E-state index contributed by atoms with van der Waals surface area (Å²) in [4.78, 5) is 7.40. The maximum Gasteiger partial charge on any atom is 0.139 e. The number of hydrogen-bond donors (Lipinski definition) is 1. The molecule has 0 amide bonds. The fourth-order valence-corrected chi connectivity index (χ4v) is 3.42. The summed E-state index contributed by atoms with van der Waals surface area (Å²) in [6.45, 7) is 2.19. The number of nitrogens with zero attached hydrogens (tertiary/aromatic N) is 2. The third kappa shape index (κ3) is 3.47. The highest BCUT2D eigenvalue weighted by Crippen LogP contribution is 2.25. The maximum absolute atomic E-state index is 5.92. The molecule has 0 aliphatic heterocycles. The van der Waals surface area contributed by atoms with Crippen LogP contribution >= 0.6 is 24.0 Å². The average molecular weight is 319 g/mol. The summed E-state index contributed by atoms with van der Waals surface area (Å²) in [5, 5.41) is 1.07. The Morgan fingerprint density at radius 1 is 1.43 bits per heavy atom. The van der Waals surface area contributed by atoms with Crippen LogP contribution in [0.4, 0.5) is 5.82 Å². The lowest BCUT2D eigenvalue weighted by Gasteiger charge is -2.29. The van der Waals surface area contributed by atoms with Gasteiger partial charge in [-0.3, -0.25) is 0 Å². The molecule has 5 heteroatoms. The van der Waals surface area contributed by atoms with Gasteiger partial charge in [0.15, 0.2) is 0 Å². The number of rotatable bonds is 6. The molecule has 2 aromatic rings. The molecule has 1 heterocycles. The average Bonchev–Trinajstić information content (AvgIpc) is 2.50. The highest BCUT2D eigenvalue weighted by molar-refractivity contribution is 7.98. The van der Waals surface area contributed by atoms with Crippen molar-refractivity contribution in [2.75, 3.05) is 24.0 Å². The van der Waals surface area contributed by atoms with E-state index in [0.29, 0.717) is 11.0 Å². The summed E-state index contributed by atoms with van der Waals surface area (Å²) < 4.78 is 0. The quantitative estimate of drug-likeness (QED) is 0.826. The van der Waals surface area contributed by atoms with Crippen LogP contribution in [0.1, 0.15) is 18.9 Å². The van der Waals surface area contributed by atoms with Gasteiger partial charge in [0.25, 0.3) is 0 Å². The minimum Gasteiger partial charge on any atom is -0.389 e. The molecule has 0 fully saturated rings. The number of hydrogen-bond acceptors (Lipinski definition) is 4. The molecule has 2 rings (SSSR count). The molecule has 0 spiro atoms. The van der Waals surface area contributed by atoms with Crippen molar-refractivity contribution in [1.82, 2.24) is 4.98 Å². The third-order valence-corrected chi connectivity index (χ3v) is 4.62. The number of fused-ring (bicyclic) bond motifs is 1.